The fourth-order valence-corrected chi connectivity index (χ4v) is 6.49. The van der Waals surface area contributed by atoms with E-state index in [1.807, 2.05) is 13.1 Å². The molecule has 1 aromatic heterocycles. The lowest BCUT2D eigenvalue weighted by Crippen LogP contribution is -2.63. The Morgan fingerprint density at radius 3 is 2.44 bits per heavy atom. The maximum absolute atomic E-state index is 9.38. The molecule has 2 aliphatic rings. The average Bonchev–Trinajstić information content (AvgIpc) is 2.74. The summed E-state index contributed by atoms with van der Waals surface area (Å²) in [6.45, 7) is 6.51. The van der Waals surface area contributed by atoms with E-state index in [1.165, 1.54) is 47.0 Å². The van der Waals surface area contributed by atoms with Gasteiger partial charge in [0.1, 0.15) is 0 Å². The van der Waals surface area contributed by atoms with Crippen molar-refractivity contribution in [1.29, 1.82) is 0 Å². The molecule has 0 unspecified atom stereocenters. The molecule has 0 bridgehead atoms. The van der Waals surface area contributed by atoms with Crippen molar-refractivity contribution in [3.8, 4) is 0 Å². The van der Waals surface area contributed by atoms with E-state index in [0.717, 1.165) is 11.3 Å². The fourth-order valence-electron chi connectivity index (χ4n) is 5.34. The first-order chi connectivity index (χ1) is 15.6. The monoisotopic (exact) mass is 443 g/mol. The summed E-state index contributed by atoms with van der Waals surface area (Å²) in [5, 5.41) is 12.8. The van der Waals surface area contributed by atoms with Crippen molar-refractivity contribution in [3.05, 3.63) is 94.8 Å². The number of rotatable bonds is 6. The van der Waals surface area contributed by atoms with Crippen LogP contribution in [0.1, 0.15) is 34.4 Å². The van der Waals surface area contributed by atoms with Gasteiger partial charge in [-0.2, -0.15) is 11.8 Å². The number of oxime groups is 1. The van der Waals surface area contributed by atoms with Gasteiger partial charge in [0.2, 0.25) is 0 Å². The minimum absolute atomic E-state index is 0.468. The first-order valence-electron chi connectivity index (χ1n) is 11.1. The Balaban J connectivity index is 1.61. The molecule has 2 fully saturated rings. The van der Waals surface area contributed by atoms with Crippen LogP contribution in [-0.4, -0.2) is 41.0 Å². The van der Waals surface area contributed by atoms with E-state index in [4.69, 9.17) is 0 Å². The van der Waals surface area contributed by atoms with Gasteiger partial charge in [0.15, 0.2) is 0 Å². The molecule has 2 aliphatic heterocycles. The summed E-state index contributed by atoms with van der Waals surface area (Å²) >= 11 is 2.06. The van der Waals surface area contributed by atoms with Gasteiger partial charge in [-0.3, -0.25) is 4.98 Å². The molecule has 1 spiro atoms. The maximum Gasteiger partial charge on any atom is 0.0505 e. The lowest BCUT2D eigenvalue weighted by atomic mass is 9.66. The summed E-state index contributed by atoms with van der Waals surface area (Å²) in [5.41, 5.74) is 7.14. The molecule has 2 saturated heterocycles. The van der Waals surface area contributed by atoms with Crippen LogP contribution in [0, 0.1) is 19.3 Å². The van der Waals surface area contributed by atoms with Crippen LogP contribution in [0.2, 0.25) is 0 Å². The summed E-state index contributed by atoms with van der Waals surface area (Å²) in [6, 6.07) is 21.8. The first-order valence-corrected chi connectivity index (χ1v) is 12.3. The summed E-state index contributed by atoms with van der Waals surface area (Å²) in [6.07, 6.45) is 4.04. The highest BCUT2D eigenvalue weighted by Gasteiger charge is 2.48. The van der Waals surface area contributed by atoms with Gasteiger partial charge in [0.05, 0.1) is 5.41 Å². The molecule has 3 heterocycles. The Morgan fingerprint density at radius 2 is 1.81 bits per heavy atom. The van der Waals surface area contributed by atoms with Gasteiger partial charge >= 0.3 is 0 Å². The molecule has 0 aliphatic carbocycles. The van der Waals surface area contributed by atoms with Gasteiger partial charge < -0.3 is 10.1 Å². The molecule has 32 heavy (non-hydrogen) atoms. The van der Waals surface area contributed by atoms with E-state index in [0.29, 0.717) is 11.8 Å². The lowest BCUT2D eigenvalue weighted by Gasteiger charge is -2.56. The molecule has 164 valence electrons. The van der Waals surface area contributed by atoms with Crippen LogP contribution in [0.3, 0.4) is 0 Å². The molecule has 0 saturated carbocycles. The molecule has 5 heteroatoms. The number of nitrogens with zero attached hydrogens (tertiary/aromatic N) is 3. The first kappa shape index (κ1) is 21.1. The van der Waals surface area contributed by atoms with E-state index in [2.05, 4.69) is 94.4 Å². The zero-order valence-electron chi connectivity index (χ0n) is 18.7. The number of hydrogen-bond acceptors (Lipinski definition) is 5. The van der Waals surface area contributed by atoms with Crippen LogP contribution in [0.15, 0.2) is 72.0 Å². The molecule has 3 aromatic rings. The fraction of sp³-hybridized carbons (Fsp3) is 0.333. The molecular formula is C27H29N3OS. The van der Waals surface area contributed by atoms with Gasteiger partial charge in [-0.1, -0.05) is 36.4 Å². The van der Waals surface area contributed by atoms with Crippen molar-refractivity contribution in [3.63, 3.8) is 0 Å². The SMILES string of the molecule is Cc1cc([C@@](C/C=N/O)(c2ccc(N3CC4(CSC4)C3)cc2)c2ccccc2C)ccn1. The quantitative estimate of drug-likeness (QED) is 0.313. The van der Waals surface area contributed by atoms with E-state index in [1.54, 1.807) is 6.21 Å². The Labute approximate surface area is 194 Å². The summed E-state index contributed by atoms with van der Waals surface area (Å²) < 4.78 is 0. The normalized spacial score (nSPS) is 18.9. The van der Waals surface area contributed by atoms with E-state index < -0.39 is 5.41 Å². The van der Waals surface area contributed by atoms with Gasteiger partial charge in [0, 0.05) is 60.2 Å². The van der Waals surface area contributed by atoms with Crippen molar-refractivity contribution in [2.45, 2.75) is 25.7 Å². The Bertz CT molecular complexity index is 1130. The van der Waals surface area contributed by atoms with Crippen LogP contribution in [0.5, 0.6) is 0 Å². The second-order valence-corrected chi connectivity index (χ2v) is 10.3. The third kappa shape index (κ3) is 3.49. The highest BCUT2D eigenvalue weighted by Crippen LogP contribution is 2.48. The topological polar surface area (TPSA) is 48.7 Å². The van der Waals surface area contributed by atoms with E-state index in [-0.39, 0.29) is 0 Å². The third-order valence-corrected chi connectivity index (χ3v) is 8.70. The van der Waals surface area contributed by atoms with Crippen LogP contribution in [0.25, 0.3) is 0 Å². The third-order valence-electron chi connectivity index (χ3n) is 7.07. The maximum atomic E-state index is 9.38. The van der Waals surface area contributed by atoms with Gasteiger partial charge in [-0.05, 0) is 60.4 Å². The van der Waals surface area contributed by atoms with Crippen LogP contribution >= 0.6 is 11.8 Å². The molecule has 1 N–H and O–H groups in total. The zero-order valence-corrected chi connectivity index (χ0v) is 19.5. The molecule has 4 nitrogen and oxygen atoms in total. The second-order valence-electron chi connectivity index (χ2n) is 9.30. The number of pyridine rings is 1. The number of anilines is 1. The second kappa shape index (κ2) is 8.28. The molecule has 5 rings (SSSR count). The summed E-state index contributed by atoms with van der Waals surface area (Å²) in [4.78, 5) is 6.93. The van der Waals surface area contributed by atoms with E-state index in [9.17, 15) is 5.21 Å². The number of aryl methyl sites for hydroxylation is 2. The Morgan fingerprint density at radius 1 is 1.06 bits per heavy atom. The number of benzene rings is 2. The van der Waals surface area contributed by atoms with E-state index >= 15 is 0 Å². The van der Waals surface area contributed by atoms with Crippen molar-refractivity contribution in [2.24, 2.45) is 10.6 Å². The highest BCUT2D eigenvalue weighted by atomic mass is 32.2. The standard InChI is InChI=1S/C27H29N3OS/c1-20-5-3-4-6-25(20)27(12-14-29-31,23-11-13-28-21(2)15-23)22-7-9-24(10-8-22)30-16-26(17-30)18-32-19-26/h3-11,13-15,31H,12,16-19H2,1-2H3/b29-14+/t27-/m1/s1. The zero-order chi connectivity index (χ0) is 22.2. The van der Waals surface area contributed by atoms with Crippen LogP contribution in [0.4, 0.5) is 5.69 Å². The summed E-state index contributed by atoms with van der Waals surface area (Å²) in [5.74, 6) is 2.61. The van der Waals surface area contributed by atoms with Crippen molar-refractivity contribution in [1.82, 2.24) is 4.98 Å². The average molecular weight is 444 g/mol. The summed E-state index contributed by atoms with van der Waals surface area (Å²) in [7, 11) is 0. The van der Waals surface area contributed by atoms with Crippen molar-refractivity contribution in [2.75, 3.05) is 29.5 Å². The minimum atomic E-state index is -0.468. The molecular weight excluding hydrogens is 414 g/mol. The smallest absolute Gasteiger partial charge is 0.0505 e. The van der Waals surface area contributed by atoms with Crippen LogP contribution in [-0.2, 0) is 5.41 Å². The number of aromatic nitrogens is 1. The lowest BCUT2D eigenvalue weighted by molar-refractivity contribution is 0.273. The molecule has 2 aromatic carbocycles. The Hall–Kier alpha value is -2.79. The highest BCUT2D eigenvalue weighted by molar-refractivity contribution is 8.00. The number of thioether (sulfide) groups is 1. The molecule has 1 atom stereocenters. The van der Waals surface area contributed by atoms with Crippen LogP contribution < -0.4 is 4.90 Å². The Kier molecular flexibility index (Phi) is 5.46. The predicted molar refractivity (Wildman–Crippen MR) is 133 cm³/mol. The largest absolute Gasteiger partial charge is 0.411 e. The van der Waals surface area contributed by atoms with Gasteiger partial charge in [-0.15, -0.1) is 5.16 Å². The van der Waals surface area contributed by atoms with Gasteiger partial charge in [0.25, 0.3) is 0 Å². The minimum Gasteiger partial charge on any atom is -0.411 e. The van der Waals surface area contributed by atoms with Gasteiger partial charge in [-0.25, -0.2) is 0 Å². The molecule has 0 amide bonds. The van der Waals surface area contributed by atoms with Crippen molar-refractivity contribution >= 4 is 23.7 Å². The number of hydrogen-bond donors (Lipinski definition) is 1. The predicted octanol–water partition coefficient (Wildman–Crippen LogP) is 5.44. The molecule has 0 radical (unpaired) electrons. The van der Waals surface area contributed by atoms with Crippen molar-refractivity contribution < 1.29 is 5.21 Å².